The van der Waals surface area contributed by atoms with Crippen molar-refractivity contribution in [3.63, 3.8) is 0 Å². The van der Waals surface area contributed by atoms with Crippen LogP contribution in [0.5, 0.6) is 0 Å². The average Bonchev–Trinajstić information content (AvgIpc) is 3.66. The molecule has 3 aromatic heterocycles. The van der Waals surface area contributed by atoms with Gasteiger partial charge in [0.2, 0.25) is 0 Å². The van der Waals surface area contributed by atoms with Gasteiger partial charge in [-0.05, 0) is 68.4 Å². The van der Waals surface area contributed by atoms with Crippen molar-refractivity contribution in [1.29, 1.82) is 0 Å². The highest BCUT2D eigenvalue weighted by molar-refractivity contribution is 6.09. The van der Waals surface area contributed by atoms with Crippen LogP contribution in [0.15, 0.2) is 55.1 Å². The lowest BCUT2D eigenvalue weighted by molar-refractivity contribution is -0.00765. The van der Waals surface area contributed by atoms with Gasteiger partial charge in [0, 0.05) is 44.0 Å². The van der Waals surface area contributed by atoms with Gasteiger partial charge in [0.25, 0.3) is 11.8 Å². The molecule has 3 heterocycles. The molecule has 4 aromatic rings. The van der Waals surface area contributed by atoms with Crippen molar-refractivity contribution in [3.05, 3.63) is 77.6 Å². The van der Waals surface area contributed by atoms with Crippen molar-refractivity contribution in [2.45, 2.75) is 50.5 Å². The van der Waals surface area contributed by atoms with Crippen molar-refractivity contribution in [2.75, 3.05) is 5.32 Å². The first-order chi connectivity index (χ1) is 19.4. The molecule has 0 saturated heterocycles. The summed E-state index contributed by atoms with van der Waals surface area (Å²) in [5.41, 5.74) is 3.89. The molecule has 4 aliphatic rings. The molecule has 2 amide bonds. The molecule has 10 heteroatoms. The molecule has 2 N–H and O–H groups in total. The molecule has 10 nitrogen and oxygen atoms in total. The van der Waals surface area contributed by atoms with Crippen molar-refractivity contribution in [1.82, 2.24) is 34.7 Å². The Balaban J connectivity index is 1.20. The number of nitrogens with zero attached hydrogens (tertiary/aromatic N) is 6. The van der Waals surface area contributed by atoms with Gasteiger partial charge in [-0.1, -0.05) is 18.2 Å². The number of anilines is 1. The maximum atomic E-state index is 14.0. The number of nitrogens with one attached hydrogen (secondary N) is 2. The Morgan fingerprint density at radius 2 is 1.62 bits per heavy atom. The summed E-state index contributed by atoms with van der Waals surface area (Å²) in [6.45, 7) is 0.325. The second-order valence-electron chi connectivity index (χ2n) is 12.1. The van der Waals surface area contributed by atoms with E-state index >= 15 is 0 Å². The van der Waals surface area contributed by atoms with E-state index < -0.39 is 0 Å². The van der Waals surface area contributed by atoms with E-state index in [1.807, 2.05) is 54.5 Å². The van der Waals surface area contributed by atoms with E-state index in [0.29, 0.717) is 23.5 Å². The smallest absolute Gasteiger partial charge is 0.271 e. The first-order valence-electron chi connectivity index (χ1n) is 14.1. The minimum Gasteiger partial charge on any atom is -0.346 e. The predicted molar refractivity (Wildman–Crippen MR) is 149 cm³/mol. The van der Waals surface area contributed by atoms with E-state index in [2.05, 4.69) is 20.8 Å². The molecule has 0 spiro atoms. The Hall–Kier alpha value is -4.21. The Kier molecular flexibility index (Phi) is 5.87. The fraction of sp³-hybridized carbons (Fsp3) is 0.433. The van der Waals surface area contributed by atoms with Crippen molar-refractivity contribution in [3.8, 4) is 5.69 Å². The fourth-order valence-corrected chi connectivity index (χ4v) is 7.86. The van der Waals surface area contributed by atoms with Gasteiger partial charge < -0.3 is 10.6 Å². The quantitative estimate of drug-likeness (QED) is 0.370. The molecule has 4 bridgehead atoms. The van der Waals surface area contributed by atoms with Gasteiger partial charge in [-0.2, -0.15) is 15.3 Å². The van der Waals surface area contributed by atoms with Crippen molar-refractivity contribution in [2.24, 2.45) is 31.8 Å². The lowest BCUT2D eigenvalue weighted by Gasteiger charge is -2.56. The van der Waals surface area contributed by atoms with Crippen LogP contribution in [0.2, 0.25) is 0 Å². The van der Waals surface area contributed by atoms with Crippen LogP contribution in [0.1, 0.15) is 70.6 Å². The number of hydrogen-bond acceptors (Lipinski definition) is 5. The predicted octanol–water partition coefficient (Wildman–Crippen LogP) is 3.99. The topological polar surface area (TPSA) is 112 Å². The molecule has 8 rings (SSSR count). The first-order valence-corrected chi connectivity index (χ1v) is 14.1. The minimum absolute atomic E-state index is 0.0691. The number of rotatable bonds is 7. The molecule has 1 aromatic carbocycles. The number of amides is 2. The Labute approximate surface area is 232 Å². The Morgan fingerprint density at radius 1 is 0.925 bits per heavy atom. The van der Waals surface area contributed by atoms with Gasteiger partial charge in [0.15, 0.2) is 0 Å². The van der Waals surface area contributed by atoms with Crippen LogP contribution >= 0.6 is 0 Å². The molecule has 4 fully saturated rings. The average molecular weight is 539 g/mol. The number of hydrogen-bond donors (Lipinski definition) is 2. The van der Waals surface area contributed by atoms with Crippen LogP contribution < -0.4 is 10.6 Å². The van der Waals surface area contributed by atoms with E-state index in [1.54, 1.807) is 17.9 Å². The van der Waals surface area contributed by atoms with E-state index in [0.717, 1.165) is 54.0 Å². The highest BCUT2D eigenvalue weighted by Gasteiger charge is 2.54. The molecule has 0 aliphatic heterocycles. The van der Waals surface area contributed by atoms with E-state index in [-0.39, 0.29) is 17.2 Å². The summed E-state index contributed by atoms with van der Waals surface area (Å²) in [4.78, 5) is 27.2. The maximum absolute atomic E-state index is 14.0. The largest absolute Gasteiger partial charge is 0.346 e. The molecular formula is C30H34N8O2. The number of carbonyl (C=O) groups is 2. The molecular weight excluding hydrogens is 504 g/mol. The number of benzene rings is 1. The van der Waals surface area contributed by atoms with Crippen molar-refractivity contribution >= 4 is 17.5 Å². The fourth-order valence-electron chi connectivity index (χ4n) is 7.86. The maximum Gasteiger partial charge on any atom is 0.271 e. The molecule has 0 radical (unpaired) electrons. The summed E-state index contributed by atoms with van der Waals surface area (Å²) in [6, 6.07) is 9.94. The standard InChI is InChI=1S/C30H34N8O2/c1-36-17-22(15-32-36)14-31-29(40)26-25(16-33-37(26)2)34-28(39)24-18-38(23-6-4-3-5-7-23)35-27(24)30-11-19-8-20(12-30)10-21(9-19)13-30/h3-7,15-21H,8-14H2,1-2H3,(H,31,40)(H,34,39). The van der Waals surface area contributed by atoms with Crippen LogP contribution in [-0.4, -0.2) is 41.2 Å². The number of aryl methyl sites for hydroxylation is 2. The monoisotopic (exact) mass is 538 g/mol. The molecule has 206 valence electrons. The molecule has 0 atom stereocenters. The van der Waals surface area contributed by atoms with E-state index in [4.69, 9.17) is 5.10 Å². The van der Waals surface area contributed by atoms with E-state index in [1.165, 1.54) is 30.1 Å². The third-order valence-electron chi connectivity index (χ3n) is 9.13. The first kappa shape index (κ1) is 24.8. The van der Waals surface area contributed by atoms with Gasteiger partial charge in [-0.25, -0.2) is 4.68 Å². The molecule has 4 saturated carbocycles. The van der Waals surface area contributed by atoms with Gasteiger partial charge in [0.1, 0.15) is 5.69 Å². The Bertz CT molecular complexity index is 1540. The summed E-state index contributed by atoms with van der Waals surface area (Å²) in [6.07, 6.45) is 14.2. The van der Waals surface area contributed by atoms with Gasteiger partial charge in [0.05, 0.1) is 35.0 Å². The number of aromatic nitrogens is 6. The highest BCUT2D eigenvalue weighted by atomic mass is 16.2. The third kappa shape index (κ3) is 4.31. The molecule has 40 heavy (non-hydrogen) atoms. The SMILES string of the molecule is Cn1cc(CNC(=O)c2c(NC(=O)c3cn(-c4ccccc4)nc3C34CC5CC(CC(C5)C3)C4)cnn2C)cn1. The summed E-state index contributed by atoms with van der Waals surface area (Å²) in [5.74, 6) is 1.58. The zero-order valence-corrected chi connectivity index (χ0v) is 22.9. The van der Waals surface area contributed by atoms with Crippen molar-refractivity contribution < 1.29 is 9.59 Å². The zero-order chi connectivity index (χ0) is 27.4. The lowest BCUT2D eigenvalue weighted by atomic mass is 9.48. The van der Waals surface area contributed by atoms with Crippen LogP contribution in [-0.2, 0) is 26.1 Å². The number of para-hydroxylation sites is 1. The Morgan fingerprint density at radius 3 is 2.27 bits per heavy atom. The van der Waals surface area contributed by atoms with Crippen LogP contribution in [0.4, 0.5) is 5.69 Å². The van der Waals surface area contributed by atoms with Crippen LogP contribution in [0, 0.1) is 17.8 Å². The molecule has 0 unspecified atom stereocenters. The second-order valence-corrected chi connectivity index (χ2v) is 12.1. The zero-order valence-electron chi connectivity index (χ0n) is 22.9. The molecule has 4 aliphatic carbocycles. The normalized spacial score (nSPS) is 24.8. The summed E-state index contributed by atoms with van der Waals surface area (Å²) in [7, 11) is 3.53. The third-order valence-corrected chi connectivity index (χ3v) is 9.13. The van der Waals surface area contributed by atoms with E-state index in [9.17, 15) is 9.59 Å². The summed E-state index contributed by atoms with van der Waals surface area (Å²) >= 11 is 0. The van der Waals surface area contributed by atoms with Gasteiger partial charge in [-0.3, -0.25) is 19.0 Å². The van der Waals surface area contributed by atoms with Gasteiger partial charge in [-0.15, -0.1) is 0 Å². The lowest BCUT2D eigenvalue weighted by Crippen LogP contribution is -2.49. The minimum atomic E-state index is -0.319. The highest BCUT2D eigenvalue weighted by Crippen LogP contribution is 2.61. The van der Waals surface area contributed by atoms with Gasteiger partial charge >= 0.3 is 0 Å². The summed E-state index contributed by atoms with van der Waals surface area (Å²) < 4.78 is 5.02. The summed E-state index contributed by atoms with van der Waals surface area (Å²) in [5, 5.41) is 19.5. The number of carbonyl (C=O) groups excluding carboxylic acids is 2. The van der Waals surface area contributed by atoms with Crippen LogP contribution in [0.25, 0.3) is 5.69 Å². The van der Waals surface area contributed by atoms with Crippen LogP contribution in [0.3, 0.4) is 0 Å². The second kappa shape index (κ2) is 9.46.